The molecule has 3 fully saturated rings. The Kier molecular flexibility index (Phi) is 4.56. The van der Waals surface area contributed by atoms with E-state index in [1.165, 1.54) is 12.8 Å². The second-order valence-corrected chi connectivity index (χ2v) is 7.60. The van der Waals surface area contributed by atoms with E-state index in [0.717, 1.165) is 50.2 Å². The molecule has 3 atom stereocenters. The molecule has 2 saturated carbocycles. The summed E-state index contributed by atoms with van der Waals surface area (Å²) in [4.78, 5) is 13.2. The number of methoxy groups -OCH3 is 1. The van der Waals surface area contributed by atoms with Crippen molar-refractivity contribution in [1.29, 1.82) is 0 Å². The molecule has 1 N–H and O–H groups in total. The van der Waals surface area contributed by atoms with Gasteiger partial charge in [0.1, 0.15) is 12.4 Å². The van der Waals surface area contributed by atoms with E-state index in [-0.39, 0.29) is 24.4 Å². The summed E-state index contributed by atoms with van der Waals surface area (Å²) in [6.07, 6.45) is 5.93. The molecular formula is C18H26N2O5. The molecule has 0 spiro atoms. The largest absolute Gasteiger partial charge is 0.480 e. The highest BCUT2D eigenvalue weighted by Crippen LogP contribution is 2.44. The van der Waals surface area contributed by atoms with Crippen LogP contribution >= 0.6 is 0 Å². The maximum atomic E-state index is 10.8. The summed E-state index contributed by atoms with van der Waals surface area (Å²) in [5.41, 5.74) is 0.828. The summed E-state index contributed by atoms with van der Waals surface area (Å²) in [6.45, 7) is 1.47. The molecule has 7 nitrogen and oxygen atoms in total. The number of hydrogen-bond acceptors (Lipinski definition) is 6. The van der Waals surface area contributed by atoms with Crippen LogP contribution < -0.4 is 0 Å². The third kappa shape index (κ3) is 3.45. The topological polar surface area (TPSA) is 85.0 Å². The summed E-state index contributed by atoms with van der Waals surface area (Å²) >= 11 is 0. The minimum absolute atomic E-state index is 0.0238. The molecular weight excluding hydrogens is 324 g/mol. The number of hydrogen-bond donors (Lipinski definition) is 1. The summed E-state index contributed by atoms with van der Waals surface area (Å²) < 4.78 is 17.0. The lowest BCUT2D eigenvalue weighted by Crippen LogP contribution is -2.51. The van der Waals surface area contributed by atoms with E-state index in [1.807, 2.05) is 0 Å². The quantitative estimate of drug-likeness (QED) is 0.806. The number of aromatic nitrogens is 1. The van der Waals surface area contributed by atoms with Gasteiger partial charge in [-0.1, -0.05) is 5.16 Å². The molecule has 1 aliphatic heterocycles. The zero-order chi connectivity index (χ0) is 17.4. The minimum atomic E-state index is -0.915. The van der Waals surface area contributed by atoms with Gasteiger partial charge in [-0.25, -0.2) is 4.79 Å². The number of rotatable bonds is 7. The van der Waals surface area contributed by atoms with E-state index in [1.54, 1.807) is 7.11 Å². The van der Waals surface area contributed by atoms with Crippen LogP contribution in [0.25, 0.3) is 0 Å². The third-order valence-corrected chi connectivity index (χ3v) is 6.02. The molecule has 0 amide bonds. The molecule has 7 heteroatoms. The highest BCUT2D eigenvalue weighted by atomic mass is 16.5. The van der Waals surface area contributed by atoms with Crippen molar-refractivity contribution in [3.8, 4) is 0 Å². The van der Waals surface area contributed by atoms with Gasteiger partial charge in [0.15, 0.2) is 0 Å². The van der Waals surface area contributed by atoms with Crippen molar-refractivity contribution in [2.75, 3.05) is 20.3 Å². The van der Waals surface area contributed by atoms with Gasteiger partial charge in [-0.3, -0.25) is 4.90 Å². The van der Waals surface area contributed by atoms with Gasteiger partial charge < -0.3 is 19.1 Å². The van der Waals surface area contributed by atoms with Crippen LogP contribution in [-0.2, 0) is 20.8 Å². The Morgan fingerprint density at radius 2 is 2.28 bits per heavy atom. The molecule has 0 bridgehead atoms. The average Bonchev–Trinajstić information content (AvgIpc) is 3.26. The minimum Gasteiger partial charge on any atom is -0.480 e. The van der Waals surface area contributed by atoms with E-state index < -0.39 is 5.97 Å². The number of likely N-dealkylation sites (tertiary alicyclic amines) is 1. The Morgan fingerprint density at radius 3 is 3.00 bits per heavy atom. The lowest BCUT2D eigenvalue weighted by Gasteiger charge is -2.43. The third-order valence-electron chi connectivity index (χ3n) is 6.02. The van der Waals surface area contributed by atoms with Gasteiger partial charge in [0.2, 0.25) is 0 Å². The molecule has 1 saturated heterocycles. The molecule has 3 aliphatic rings. The van der Waals surface area contributed by atoms with Gasteiger partial charge >= 0.3 is 5.97 Å². The van der Waals surface area contributed by atoms with Gasteiger partial charge in [0, 0.05) is 38.2 Å². The standard InChI is InChI=1S/C18H26N2O5/c1-23-18-5-4-14(24-11-17(21)22)9-16(18)20(7-6-18)10-13-8-15(25-19-13)12-2-3-12/h8,12,14,16H,2-7,9-11H2,1H3,(H,21,22)/t14-,16+,18-/m1/s1. The first-order valence-corrected chi connectivity index (χ1v) is 9.18. The fourth-order valence-corrected chi connectivity index (χ4v) is 4.46. The molecule has 138 valence electrons. The van der Waals surface area contributed by atoms with Crippen LogP contribution in [0.2, 0.25) is 0 Å². The van der Waals surface area contributed by atoms with Crippen LogP contribution in [-0.4, -0.2) is 59.1 Å². The maximum absolute atomic E-state index is 10.8. The average molecular weight is 350 g/mol. The molecule has 1 aromatic heterocycles. The van der Waals surface area contributed by atoms with E-state index in [4.69, 9.17) is 19.1 Å². The van der Waals surface area contributed by atoms with Crippen LogP contribution in [0.4, 0.5) is 0 Å². The number of aliphatic carboxylic acids is 1. The van der Waals surface area contributed by atoms with Gasteiger partial charge in [-0.2, -0.15) is 0 Å². The first-order valence-electron chi connectivity index (χ1n) is 9.18. The monoisotopic (exact) mass is 350 g/mol. The van der Waals surface area contributed by atoms with E-state index in [9.17, 15) is 4.79 Å². The Balaban J connectivity index is 1.43. The van der Waals surface area contributed by atoms with Gasteiger partial charge in [0.05, 0.1) is 17.4 Å². The molecule has 25 heavy (non-hydrogen) atoms. The van der Waals surface area contributed by atoms with Crippen molar-refractivity contribution < 1.29 is 23.9 Å². The van der Waals surface area contributed by atoms with Gasteiger partial charge in [0.25, 0.3) is 0 Å². The fraction of sp³-hybridized carbons (Fsp3) is 0.778. The number of nitrogens with zero attached hydrogens (tertiary/aromatic N) is 2. The van der Waals surface area contributed by atoms with Crippen molar-refractivity contribution in [1.82, 2.24) is 10.1 Å². The van der Waals surface area contributed by atoms with Gasteiger partial charge in [-0.15, -0.1) is 0 Å². The lowest BCUT2D eigenvalue weighted by molar-refractivity contribution is -0.148. The molecule has 2 heterocycles. The van der Waals surface area contributed by atoms with Crippen molar-refractivity contribution in [3.05, 3.63) is 17.5 Å². The number of carboxylic acid groups (broad SMARTS) is 1. The van der Waals surface area contributed by atoms with Crippen molar-refractivity contribution in [2.24, 2.45) is 0 Å². The van der Waals surface area contributed by atoms with E-state index in [0.29, 0.717) is 5.92 Å². The first-order chi connectivity index (χ1) is 12.1. The van der Waals surface area contributed by atoms with Crippen LogP contribution in [0.5, 0.6) is 0 Å². The Hall–Kier alpha value is -1.44. The second kappa shape index (κ2) is 6.70. The zero-order valence-electron chi connectivity index (χ0n) is 14.6. The first kappa shape index (κ1) is 17.0. The predicted octanol–water partition coefficient (Wildman–Crippen LogP) is 2.17. The summed E-state index contributed by atoms with van der Waals surface area (Å²) in [5.74, 6) is 0.668. The predicted molar refractivity (Wildman–Crippen MR) is 88.3 cm³/mol. The number of carbonyl (C=O) groups is 1. The van der Waals surface area contributed by atoms with Crippen LogP contribution in [0.1, 0.15) is 55.9 Å². The number of carboxylic acids is 1. The van der Waals surface area contributed by atoms with Crippen LogP contribution in [0.15, 0.2) is 10.6 Å². The normalized spacial score (nSPS) is 32.7. The summed E-state index contributed by atoms with van der Waals surface area (Å²) in [5, 5.41) is 13.1. The Labute approximate surface area is 147 Å². The smallest absolute Gasteiger partial charge is 0.329 e. The fourth-order valence-electron chi connectivity index (χ4n) is 4.46. The Morgan fingerprint density at radius 1 is 1.44 bits per heavy atom. The highest BCUT2D eigenvalue weighted by Gasteiger charge is 2.51. The molecule has 4 rings (SSSR count). The lowest BCUT2D eigenvalue weighted by atomic mass is 9.79. The highest BCUT2D eigenvalue weighted by molar-refractivity contribution is 5.68. The van der Waals surface area contributed by atoms with E-state index in [2.05, 4.69) is 16.1 Å². The van der Waals surface area contributed by atoms with Crippen LogP contribution in [0, 0.1) is 0 Å². The maximum Gasteiger partial charge on any atom is 0.329 e. The Bertz CT molecular complexity index is 629. The van der Waals surface area contributed by atoms with Crippen molar-refractivity contribution >= 4 is 5.97 Å². The molecule has 0 aromatic carbocycles. The SMILES string of the molecule is CO[C@@]12CC[C@@H](OCC(=O)O)C[C@@H]1N(Cc1cc(C3CC3)on1)CC2. The molecule has 0 radical (unpaired) electrons. The van der Waals surface area contributed by atoms with Crippen LogP contribution in [0.3, 0.4) is 0 Å². The van der Waals surface area contributed by atoms with Gasteiger partial charge in [-0.05, 0) is 38.5 Å². The second-order valence-electron chi connectivity index (χ2n) is 7.60. The number of fused-ring (bicyclic) bond motifs is 1. The summed E-state index contributed by atoms with van der Waals surface area (Å²) in [7, 11) is 1.79. The molecule has 0 unspecified atom stereocenters. The summed E-state index contributed by atoms with van der Waals surface area (Å²) in [6, 6.07) is 2.32. The molecule has 1 aromatic rings. The number of ether oxygens (including phenoxy) is 2. The van der Waals surface area contributed by atoms with E-state index >= 15 is 0 Å². The van der Waals surface area contributed by atoms with Crippen molar-refractivity contribution in [2.45, 2.75) is 68.7 Å². The zero-order valence-corrected chi connectivity index (χ0v) is 14.6. The van der Waals surface area contributed by atoms with Crippen molar-refractivity contribution in [3.63, 3.8) is 0 Å². The molecule has 2 aliphatic carbocycles.